The number of benzene rings is 1. The van der Waals surface area contributed by atoms with Crippen molar-refractivity contribution in [1.82, 2.24) is 15.5 Å². The third-order valence-corrected chi connectivity index (χ3v) is 4.94. The molecule has 0 saturated heterocycles. The van der Waals surface area contributed by atoms with E-state index in [9.17, 15) is 9.90 Å². The zero-order valence-corrected chi connectivity index (χ0v) is 19.0. The summed E-state index contributed by atoms with van der Waals surface area (Å²) in [5.74, 6) is 0.636. The molecular formula is C20H29ClN8O2. The molecule has 2 aromatic rings. The van der Waals surface area contributed by atoms with Crippen molar-refractivity contribution in [2.24, 2.45) is 5.73 Å². The standard InChI is InChI=1S/C20H29ClN8O2/c1-10(2)28-16-17(24-13-6-7-14(19(30)31)15(21)8-13)25-20(23-9-12(5)22)26-18(16)29(27-28)11(3)4/h6-8,10-12,27H,9,22H2,1-5H3,(H,30,31)(H2,23,24,25,26). The maximum absolute atomic E-state index is 11.3. The molecule has 1 atom stereocenters. The van der Waals surface area contributed by atoms with Gasteiger partial charge < -0.3 is 21.5 Å². The zero-order valence-electron chi connectivity index (χ0n) is 18.3. The van der Waals surface area contributed by atoms with E-state index in [1.807, 2.05) is 16.9 Å². The van der Waals surface area contributed by atoms with Crippen molar-refractivity contribution in [3.8, 4) is 0 Å². The molecule has 0 amide bonds. The van der Waals surface area contributed by atoms with Gasteiger partial charge in [-0.3, -0.25) is 10.0 Å². The third-order valence-electron chi connectivity index (χ3n) is 4.63. The number of hydrogen-bond donors (Lipinski definition) is 5. The summed E-state index contributed by atoms with van der Waals surface area (Å²) in [5, 5.41) is 19.8. The molecular weight excluding hydrogens is 420 g/mol. The number of nitrogens with two attached hydrogens (primary N) is 1. The first kappa shape index (κ1) is 22.9. The summed E-state index contributed by atoms with van der Waals surface area (Å²) in [5.41, 5.74) is 10.7. The van der Waals surface area contributed by atoms with E-state index >= 15 is 0 Å². The van der Waals surface area contributed by atoms with E-state index in [0.717, 1.165) is 11.5 Å². The van der Waals surface area contributed by atoms with Crippen LogP contribution in [0.15, 0.2) is 18.2 Å². The molecule has 0 spiro atoms. The largest absolute Gasteiger partial charge is 0.478 e. The highest BCUT2D eigenvalue weighted by Gasteiger charge is 2.34. The molecule has 6 N–H and O–H groups in total. The number of anilines is 5. The van der Waals surface area contributed by atoms with E-state index in [0.29, 0.717) is 24.0 Å². The quantitative estimate of drug-likeness (QED) is 0.410. The van der Waals surface area contributed by atoms with Crippen LogP contribution in [0.3, 0.4) is 0 Å². The Kier molecular flexibility index (Phi) is 6.73. The second-order valence-electron chi connectivity index (χ2n) is 8.08. The minimum atomic E-state index is -1.08. The minimum Gasteiger partial charge on any atom is -0.478 e. The van der Waals surface area contributed by atoms with Gasteiger partial charge in [-0.2, -0.15) is 9.97 Å². The van der Waals surface area contributed by atoms with Gasteiger partial charge in [0.05, 0.1) is 10.6 Å². The van der Waals surface area contributed by atoms with Crippen LogP contribution in [0, 0.1) is 0 Å². The Morgan fingerprint density at radius 3 is 2.42 bits per heavy atom. The maximum atomic E-state index is 11.3. The number of carboxylic acid groups (broad SMARTS) is 1. The van der Waals surface area contributed by atoms with Gasteiger partial charge in [0.15, 0.2) is 11.6 Å². The summed E-state index contributed by atoms with van der Waals surface area (Å²) in [4.78, 5) is 20.7. The first-order valence-corrected chi connectivity index (χ1v) is 10.5. The van der Waals surface area contributed by atoms with E-state index < -0.39 is 5.97 Å². The fourth-order valence-electron chi connectivity index (χ4n) is 3.10. The van der Waals surface area contributed by atoms with Crippen LogP contribution >= 0.6 is 11.6 Å². The molecule has 1 unspecified atom stereocenters. The first-order chi connectivity index (χ1) is 14.6. The van der Waals surface area contributed by atoms with Crippen molar-refractivity contribution < 1.29 is 9.90 Å². The lowest BCUT2D eigenvalue weighted by Gasteiger charge is -2.27. The summed E-state index contributed by atoms with van der Waals surface area (Å²) < 4.78 is 0. The van der Waals surface area contributed by atoms with Crippen LogP contribution in [0.1, 0.15) is 45.0 Å². The monoisotopic (exact) mass is 448 g/mol. The number of hydrogen-bond acceptors (Lipinski definition) is 9. The van der Waals surface area contributed by atoms with Gasteiger partial charge in [0.25, 0.3) is 0 Å². The fraction of sp³-hybridized carbons (Fsp3) is 0.450. The molecule has 0 radical (unpaired) electrons. The average molecular weight is 449 g/mol. The molecule has 11 heteroatoms. The Hall–Kier alpha value is -2.82. The van der Waals surface area contributed by atoms with Gasteiger partial charge in [0, 0.05) is 30.4 Å². The van der Waals surface area contributed by atoms with E-state index in [-0.39, 0.29) is 28.7 Å². The van der Waals surface area contributed by atoms with Gasteiger partial charge in [0.2, 0.25) is 5.95 Å². The third kappa shape index (κ3) is 4.92. The van der Waals surface area contributed by atoms with Gasteiger partial charge >= 0.3 is 5.97 Å². The van der Waals surface area contributed by atoms with Gasteiger partial charge in [-0.15, -0.1) is 5.53 Å². The predicted molar refractivity (Wildman–Crippen MR) is 124 cm³/mol. The normalized spacial score (nSPS) is 14.2. The van der Waals surface area contributed by atoms with Gasteiger partial charge in [0.1, 0.15) is 5.69 Å². The van der Waals surface area contributed by atoms with E-state index in [1.54, 1.807) is 12.1 Å². The molecule has 1 aromatic heterocycles. The number of nitrogens with zero attached hydrogens (tertiary/aromatic N) is 4. The number of carbonyl (C=O) groups is 1. The second kappa shape index (κ2) is 9.13. The van der Waals surface area contributed by atoms with E-state index in [1.165, 1.54) is 6.07 Å². The molecule has 168 valence electrons. The highest BCUT2D eigenvalue weighted by Crippen LogP contribution is 2.41. The first-order valence-electron chi connectivity index (χ1n) is 10.1. The maximum Gasteiger partial charge on any atom is 0.337 e. The van der Waals surface area contributed by atoms with Gasteiger partial charge in [-0.25, -0.2) is 4.79 Å². The lowest BCUT2D eigenvalue weighted by molar-refractivity contribution is 0.0697. The van der Waals surface area contributed by atoms with Crippen LogP contribution in [-0.2, 0) is 0 Å². The number of fused-ring (bicyclic) bond motifs is 1. The highest BCUT2D eigenvalue weighted by atomic mass is 35.5. The summed E-state index contributed by atoms with van der Waals surface area (Å²) in [6.07, 6.45) is 0. The number of halogens is 1. The molecule has 3 rings (SSSR count). The van der Waals surface area contributed by atoms with Crippen LogP contribution < -0.4 is 31.9 Å². The molecule has 0 saturated carbocycles. The van der Waals surface area contributed by atoms with Crippen LogP contribution in [0.25, 0.3) is 0 Å². The van der Waals surface area contributed by atoms with Crippen LogP contribution in [0.4, 0.5) is 29.0 Å². The Balaban J connectivity index is 2.08. The molecule has 0 aliphatic carbocycles. The average Bonchev–Trinajstić information content (AvgIpc) is 3.06. The Morgan fingerprint density at radius 2 is 1.87 bits per heavy atom. The second-order valence-corrected chi connectivity index (χ2v) is 8.49. The van der Waals surface area contributed by atoms with Crippen LogP contribution in [0.5, 0.6) is 0 Å². The lowest BCUT2D eigenvalue weighted by atomic mass is 10.2. The number of nitrogens with one attached hydrogen (secondary N) is 3. The molecule has 1 aliphatic rings. The zero-order chi connectivity index (χ0) is 22.9. The number of carboxylic acids is 1. The summed E-state index contributed by atoms with van der Waals surface area (Å²) in [6.45, 7) is 10.7. The fourth-order valence-corrected chi connectivity index (χ4v) is 3.36. The Morgan fingerprint density at radius 1 is 1.19 bits per heavy atom. The molecule has 2 heterocycles. The number of aromatic nitrogens is 2. The van der Waals surface area contributed by atoms with Crippen molar-refractivity contribution in [2.75, 3.05) is 27.2 Å². The molecule has 10 nitrogen and oxygen atoms in total. The number of rotatable bonds is 8. The van der Waals surface area contributed by atoms with Crippen molar-refractivity contribution in [3.63, 3.8) is 0 Å². The van der Waals surface area contributed by atoms with Gasteiger partial charge in [-0.1, -0.05) is 11.6 Å². The van der Waals surface area contributed by atoms with Crippen molar-refractivity contribution in [3.05, 3.63) is 28.8 Å². The molecule has 1 aromatic carbocycles. The SMILES string of the molecule is CC(N)CNc1nc(Nc2ccc(C(=O)O)c(Cl)c2)c2c(n1)N(C(C)C)NN2C(C)C. The molecule has 31 heavy (non-hydrogen) atoms. The van der Waals surface area contributed by atoms with Crippen molar-refractivity contribution in [1.29, 1.82) is 0 Å². The molecule has 0 bridgehead atoms. The lowest BCUT2D eigenvalue weighted by Crippen LogP contribution is -2.50. The van der Waals surface area contributed by atoms with E-state index in [2.05, 4.69) is 48.8 Å². The number of hydrazine groups is 2. The van der Waals surface area contributed by atoms with Crippen molar-refractivity contribution >= 4 is 46.5 Å². The number of aromatic carboxylic acids is 1. The predicted octanol–water partition coefficient (Wildman–Crippen LogP) is 3.19. The molecule has 0 fully saturated rings. The Labute approximate surface area is 186 Å². The summed E-state index contributed by atoms with van der Waals surface area (Å²) in [7, 11) is 0. The smallest absolute Gasteiger partial charge is 0.337 e. The van der Waals surface area contributed by atoms with Gasteiger partial charge in [-0.05, 0) is 52.8 Å². The van der Waals surface area contributed by atoms with Crippen molar-refractivity contribution in [2.45, 2.75) is 52.7 Å². The van der Waals surface area contributed by atoms with Crippen LogP contribution in [-0.4, -0.2) is 45.7 Å². The van der Waals surface area contributed by atoms with Crippen LogP contribution in [0.2, 0.25) is 5.02 Å². The minimum absolute atomic E-state index is 0.0379. The van der Waals surface area contributed by atoms with E-state index in [4.69, 9.17) is 22.3 Å². The molecule has 1 aliphatic heterocycles. The topological polar surface area (TPSA) is 132 Å². The summed E-state index contributed by atoms with van der Waals surface area (Å²) >= 11 is 6.16. The summed E-state index contributed by atoms with van der Waals surface area (Å²) in [6, 6.07) is 4.87. The Bertz CT molecular complexity index is 966. The highest BCUT2D eigenvalue weighted by molar-refractivity contribution is 6.33.